The number of nitrogens with one attached hydrogen (secondary N) is 1. The van der Waals surface area contributed by atoms with E-state index < -0.39 is 0 Å². The van der Waals surface area contributed by atoms with Gasteiger partial charge in [-0.25, -0.2) is 0 Å². The molecule has 0 aliphatic heterocycles. The molecule has 1 aromatic heterocycles. The Kier molecular flexibility index (Phi) is 2.78. The fourth-order valence-corrected chi connectivity index (χ4v) is 0.740. The minimum absolute atomic E-state index is 0.287. The average molecular weight is 177 g/mol. The molecule has 2 nitrogen and oxygen atoms in total. The second-order valence-electron chi connectivity index (χ2n) is 1.78. The second kappa shape index (κ2) is 3.64. The van der Waals surface area contributed by atoms with Gasteiger partial charge in [0.15, 0.2) is 0 Å². The van der Waals surface area contributed by atoms with Gasteiger partial charge >= 0.3 is 0 Å². The summed E-state index contributed by atoms with van der Waals surface area (Å²) in [6, 6.07) is 1.87. The lowest BCUT2D eigenvalue weighted by molar-refractivity contribution is 1.01. The average Bonchev–Trinajstić information content (AvgIpc) is 2.34. The van der Waals surface area contributed by atoms with Crippen LogP contribution in [0.1, 0.15) is 5.69 Å². The van der Waals surface area contributed by atoms with Crippen LogP contribution in [0.25, 0.3) is 0 Å². The van der Waals surface area contributed by atoms with Crippen LogP contribution in [0.5, 0.6) is 0 Å². The summed E-state index contributed by atoms with van der Waals surface area (Å²) in [7, 11) is 0. The van der Waals surface area contributed by atoms with E-state index in [-0.39, 0.29) is 4.49 Å². The van der Waals surface area contributed by atoms with Crippen LogP contribution < -0.4 is 0 Å². The highest BCUT2D eigenvalue weighted by Gasteiger charge is 1.89. The van der Waals surface area contributed by atoms with Gasteiger partial charge in [0.05, 0.1) is 0 Å². The number of aromatic amines is 1. The van der Waals surface area contributed by atoms with E-state index in [0.717, 1.165) is 5.69 Å². The third-order valence-electron chi connectivity index (χ3n) is 1.03. The van der Waals surface area contributed by atoms with Crippen molar-refractivity contribution >= 4 is 23.2 Å². The van der Waals surface area contributed by atoms with Gasteiger partial charge in [-0.05, 0) is 12.1 Å². The molecule has 0 unspecified atom stereocenters. The highest BCUT2D eigenvalue weighted by Crippen LogP contribution is 2.07. The van der Waals surface area contributed by atoms with Crippen molar-refractivity contribution in [3.05, 3.63) is 28.5 Å². The first-order valence-corrected chi connectivity index (χ1v) is 3.54. The van der Waals surface area contributed by atoms with Crippen molar-refractivity contribution in [2.45, 2.75) is 6.42 Å². The van der Waals surface area contributed by atoms with Crippen molar-refractivity contribution in [3.8, 4) is 0 Å². The lowest BCUT2D eigenvalue weighted by atomic mass is 10.3. The highest BCUT2D eigenvalue weighted by atomic mass is 35.5. The molecular weight excluding hydrogens is 171 g/mol. The number of allylic oxidation sites excluding steroid dienone is 1. The predicted molar refractivity (Wildman–Crippen MR) is 42.1 cm³/mol. The van der Waals surface area contributed by atoms with Crippen LogP contribution >= 0.6 is 23.2 Å². The normalized spacial score (nSPS) is 9.40. The van der Waals surface area contributed by atoms with E-state index in [1.165, 1.54) is 0 Å². The molecule has 10 heavy (non-hydrogen) atoms. The fourth-order valence-electron chi connectivity index (χ4n) is 0.585. The van der Waals surface area contributed by atoms with Crippen LogP contribution in [0, 0.1) is 0 Å². The minimum Gasteiger partial charge on any atom is -0.282 e. The Morgan fingerprint density at radius 3 is 3.00 bits per heavy atom. The van der Waals surface area contributed by atoms with Crippen molar-refractivity contribution in [2.24, 2.45) is 0 Å². The van der Waals surface area contributed by atoms with Crippen molar-refractivity contribution in [1.29, 1.82) is 0 Å². The standard InChI is InChI=1S/C6H6Cl2N2/c7-6(8)2-1-5-3-4-9-10-5/h2-4H,1H2,(H,9,10). The maximum absolute atomic E-state index is 5.39. The highest BCUT2D eigenvalue weighted by molar-refractivity contribution is 6.55. The van der Waals surface area contributed by atoms with Gasteiger partial charge in [0.1, 0.15) is 4.49 Å². The fraction of sp³-hybridized carbons (Fsp3) is 0.167. The molecule has 4 heteroatoms. The predicted octanol–water partition coefficient (Wildman–Crippen LogP) is 2.27. The molecule has 0 saturated carbocycles. The summed E-state index contributed by atoms with van der Waals surface area (Å²) in [6.45, 7) is 0. The minimum atomic E-state index is 0.287. The number of halogens is 2. The summed E-state index contributed by atoms with van der Waals surface area (Å²) < 4.78 is 0.287. The SMILES string of the molecule is ClC(Cl)=CCc1ccn[nH]1. The first kappa shape index (κ1) is 7.63. The van der Waals surface area contributed by atoms with E-state index in [4.69, 9.17) is 23.2 Å². The molecule has 0 aliphatic carbocycles. The second-order valence-corrected chi connectivity index (χ2v) is 2.79. The maximum atomic E-state index is 5.39. The number of rotatable bonds is 2. The van der Waals surface area contributed by atoms with Crippen molar-refractivity contribution < 1.29 is 0 Å². The van der Waals surface area contributed by atoms with Gasteiger partial charge in [-0.3, -0.25) is 5.10 Å². The van der Waals surface area contributed by atoms with Gasteiger partial charge in [-0.1, -0.05) is 23.2 Å². The van der Waals surface area contributed by atoms with Crippen LogP contribution in [0.15, 0.2) is 22.8 Å². The Morgan fingerprint density at radius 1 is 1.70 bits per heavy atom. The van der Waals surface area contributed by atoms with Crippen molar-refractivity contribution in [3.63, 3.8) is 0 Å². The molecule has 0 fully saturated rings. The third-order valence-corrected chi connectivity index (χ3v) is 1.34. The maximum Gasteiger partial charge on any atom is 0.103 e. The van der Waals surface area contributed by atoms with Gasteiger partial charge in [0.2, 0.25) is 0 Å². The van der Waals surface area contributed by atoms with E-state index >= 15 is 0 Å². The zero-order chi connectivity index (χ0) is 7.40. The van der Waals surface area contributed by atoms with Crippen LogP contribution in [-0.2, 0) is 6.42 Å². The number of hydrogen-bond acceptors (Lipinski definition) is 1. The Morgan fingerprint density at radius 2 is 2.50 bits per heavy atom. The monoisotopic (exact) mass is 176 g/mol. The largest absolute Gasteiger partial charge is 0.282 e. The Balaban J connectivity index is 2.49. The van der Waals surface area contributed by atoms with Gasteiger partial charge in [0, 0.05) is 18.3 Å². The van der Waals surface area contributed by atoms with E-state index in [1.54, 1.807) is 12.3 Å². The van der Waals surface area contributed by atoms with Crippen molar-refractivity contribution in [2.75, 3.05) is 0 Å². The smallest absolute Gasteiger partial charge is 0.103 e. The lowest BCUT2D eigenvalue weighted by Gasteiger charge is -1.86. The van der Waals surface area contributed by atoms with E-state index in [9.17, 15) is 0 Å². The first-order chi connectivity index (χ1) is 4.79. The Bertz CT molecular complexity index is 212. The molecule has 0 aliphatic rings. The molecule has 0 atom stereocenters. The molecule has 0 spiro atoms. The topological polar surface area (TPSA) is 28.7 Å². The molecule has 0 bridgehead atoms. The van der Waals surface area contributed by atoms with Crippen LogP contribution in [-0.4, -0.2) is 10.2 Å². The molecule has 0 radical (unpaired) electrons. The quantitative estimate of drug-likeness (QED) is 0.737. The Labute approximate surface area is 68.8 Å². The molecule has 1 aromatic rings. The van der Waals surface area contributed by atoms with Crippen LogP contribution in [0.3, 0.4) is 0 Å². The molecule has 1 rings (SSSR count). The number of H-pyrrole nitrogens is 1. The molecular formula is C6H6Cl2N2. The summed E-state index contributed by atoms with van der Waals surface area (Å²) in [5.41, 5.74) is 0.999. The summed E-state index contributed by atoms with van der Waals surface area (Å²) >= 11 is 10.8. The van der Waals surface area contributed by atoms with Gasteiger partial charge < -0.3 is 0 Å². The van der Waals surface area contributed by atoms with Crippen molar-refractivity contribution in [1.82, 2.24) is 10.2 Å². The number of nitrogens with zero attached hydrogens (tertiary/aromatic N) is 1. The van der Waals surface area contributed by atoms with Gasteiger partial charge in [0.25, 0.3) is 0 Å². The third kappa shape index (κ3) is 2.42. The number of aromatic nitrogens is 2. The summed E-state index contributed by atoms with van der Waals surface area (Å²) in [4.78, 5) is 0. The Hall–Kier alpha value is -0.470. The summed E-state index contributed by atoms with van der Waals surface area (Å²) in [6.07, 6.45) is 4.09. The molecule has 54 valence electrons. The number of hydrogen-bond donors (Lipinski definition) is 1. The van der Waals surface area contributed by atoms with Gasteiger partial charge in [-0.15, -0.1) is 0 Å². The molecule has 0 amide bonds. The van der Waals surface area contributed by atoms with E-state index in [1.807, 2.05) is 6.07 Å². The van der Waals surface area contributed by atoms with Gasteiger partial charge in [-0.2, -0.15) is 5.10 Å². The first-order valence-electron chi connectivity index (χ1n) is 2.78. The van der Waals surface area contributed by atoms with Crippen LogP contribution in [0.4, 0.5) is 0 Å². The summed E-state index contributed by atoms with van der Waals surface area (Å²) in [5, 5.41) is 6.54. The van der Waals surface area contributed by atoms with E-state index in [0.29, 0.717) is 6.42 Å². The summed E-state index contributed by atoms with van der Waals surface area (Å²) in [5.74, 6) is 0. The molecule has 0 aromatic carbocycles. The van der Waals surface area contributed by atoms with Crippen LogP contribution in [0.2, 0.25) is 0 Å². The molecule has 0 saturated heterocycles. The zero-order valence-corrected chi connectivity index (χ0v) is 6.65. The lowest BCUT2D eigenvalue weighted by Crippen LogP contribution is -1.79. The molecule has 1 heterocycles. The van der Waals surface area contributed by atoms with E-state index in [2.05, 4.69) is 10.2 Å². The molecule has 1 N–H and O–H groups in total. The zero-order valence-electron chi connectivity index (χ0n) is 5.14.